The second-order valence-electron chi connectivity index (χ2n) is 6.11. The molecule has 3 rings (SSSR count). The number of aromatic nitrogens is 2. The van der Waals surface area contributed by atoms with Crippen LogP contribution in [0.15, 0.2) is 34.4 Å². The molecule has 10 heteroatoms. The van der Waals surface area contributed by atoms with E-state index in [9.17, 15) is 22.8 Å². The summed E-state index contributed by atoms with van der Waals surface area (Å²) in [4.78, 5) is 29.0. The Morgan fingerprint density at radius 2 is 2.04 bits per heavy atom. The number of carbonyl (C=O) groups is 1. The summed E-state index contributed by atoms with van der Waals surface area (Å²) >= 11 is 2.28. The summed E-state index contributed by atoms with van der Waals surface area (Å²) in [5, 5.41) is 5.32. The average Bonchev–Trinajstić information content (AvgIpc) is 3.17. The maximum absolute atomic E-state index is 12.8. The van der Waals surface area contributed by atoms with Gasteiger partial charge >= 0.3 is 11.0 Å². The lowest BCUT2D eigenvalue weighted by Gasteiger charge is -2.09. The van der Waals surface area contributed by atoms with Crippen molar-refractivity contribution in [1.82, 2.24) is 14.9 Å². The molecule has 28 heavy (non-hydrogen) atoms. The molecule has 3 aromatic rings. The molecular formula is C18H16F3N3O2S2. The van der Waals surface area contributed by atoms with Crippen LogP contribution in [0, 0.1) is 13.8 Å². The number of nitrogens with zero attached hydrogens (tertiary/aromatic N) is 2. The molecule has 0 fully saturated rings. The Hall–Kier alpha value is -2.46. The molecule has 0 saturated heterocycles. The molecule has 0 unspecified atom stereocenters. The van der Waals surface area contributed by atoms with Crippen molar-refractivity contribution >= 4 is 28.6 Å². The highest BCUT2D eigenvalue weighted by molar-refractivity contribution is 7.11. The van der Waals surface area contributed by atoms with Crippen LogP contribution in [0.1, 0.15) is 37.2 Å². The number of benzene rings is 1. The van der Waals surface area contributed by atoms with Gasteiger partial charge in [-0.05, 0) is 31.5 Å². The lowest BCUT2D eigenvalue weighted by molar-refractivity contribution is -0.137. The molecule has 1 amide bonds. The van der Waals surface area contributed by atoms with Crippen LogP contribution in [0.2, 0.25) is 0 Å². The third-order valence-electron chi connectivity index (χ3n) is 4.04. The van der Waals surface area contributed by atoms with Crippen LogP contribution >= 0.6 is 22.7 Å². The summed E-state index contributed by atoms with van der Waals surface area (Å²) < 4.78 is 39.8. The molecule has 2 heterocycles. The first kappa shape index (κ1) is 20.3. The molecule has 0 aliphatic rings. The molecule has 0 atom stereocenters. The van der Waals surface area contributed by atoms with Crippen molar-refractivity contribution in [2.45, 2.75) is 33.1 Å². The van der Waals surface area contributed by atoms with E-state index in [0.29, 0.717) is 11.3 Å². The fourth-order valence-corrected chi connectivity index (χ4v) is 4.15. The first-order chi connectivity index (χ1) is 13.1. The van der Waals surface area contributed by atoms with E-state index >= 15 is 0 Å². The van der Waals surface area contributed by atoms with Crippen molar-refractivity contribution in [2.24, 2.45) is 0 Å². The maximum atomic E-state index is 12.8. The van der Waals surface area contributed by atoms with Crippen molar-refractivity contribution in [1.29, 1.82) is 0 Å². The highest BCUT2D eigenvalue weighted by Crippen LogP contribution is 2.29. The minimum absolute atomic E-state index is 0.0699. The van der Waals surface area contributed by atoms with Crippen LogP contribution in [0.4, 0.5) is 13.2 Å². The molecule has 0 aliphatic carbocycles. The fourth-order valence-electron chi connectivity index (χ4n) is 2.63. The quantitative estimate of drug-likeness (QED) is 0.670. The van der Waals surface area contributed by atoms with Crippen molar-refractivity contribution < 1.29 is 18.0 Å². The topological polar surface area (TPSA) is 64.0 Å². The first-order valence-electron chi connectivity index (χ1n) is 8.20. The van der Waals surface area contributed by atoms with Gasteiger partial charge in [0, 0.05) is 17.6 Å². The molecule has 0 bridgehead atoms. The van der Waals surface area contributed by atoms with Gasteiger partial charge in [-0.2, -0.15) is 13.2 Å². The molecule has 0 aliphatic heterocycles. The van der Waals surface area contributed by atoms with Crippen LogP contribution in [0.5, 0.6) is 0 Å². The number of amides is 1. The Morgan fingerprint density at radius 1 is 1.29 bits per heavy atom. The number of halogens is 3. The predicted molar refractivity (Wildman–Crippen MR) is 102 cm³/mol. The van der Waals surface area contributed by atoms with Crippen LogP contribution in [-0.4, -0.2) is 15.5 Å². The molecule has 1 aromatic carbocycles. The summed E-state index contributed by atoms with van der Waals surface area (Å²) in [6.45, 7) is 3.73. The number of hydrogen-bond donors (Lipinski definition) is 1. The maximum Gasteiger partial charge on any atom is 0.416 e. The van der Waals surface area contributed by atoms with Gasteiger partial charge in [0.2, 0.25) is 0 Å². The van der Waals surface area contributed by atoms with Crippen molar-refractivity contribution in [3.63, 3.8) is 0 Å². The second kappa shape index (κ2) is 7.88. The Balaban J connectivity index is 1.73. The number of rotatable bonds is 5. The largest absolute Gasteiger partial charge is 0.416 e. The van der Waals surface area contributed by atoms with Gasteiger partial charge in [0.15, 0.2) is 0 Å². The highest BCUT2D eigenvalue weighted by atomic mass is 32.1. The van der Waals surface area contributed by atoms with Crippen LogP contribution < -0.4 is 10.2 Å². The normalized spacial score (nSPS) is 11.6. The zero-order chi connectivity index (χ0) is 20.5. The SMILES string of the molecule is Cc1nc(Cn2c(C)c(C(=O)NCc3cccc(C(F)(F)F)c3)sc2=O)cs1. The van der Waals surface area contributed by atoms with Gasteiger partial charge in [0.1, 0.15) is 4.88 Å². The Morgan fingerprint density at radius 3 is 2.68 bits per heavy atom. The number of alkyl halides is 3. The van der Waals surface area contributed by atoms with Gasteiger partial charge in [-0.1, -0.05) is 23.5 Å². The lowest BCUT2D eigenvalue weighted by atomic mass is 10.1. The van der Waals surface area contributed by atoms with Crippen molar-refractivity contribution in [2.75, 3.05) is 0 Å². The van der Waals surface area contributed by atoms with Gasteiger partial charge in [-0.25, -0.2) is 4.98 Å². The van der Waals surface area contributed by atoms with E-state index in [1.165, 1.54) is 28.0 Å². The second-order valence-corrected chi connectivity index (χ2v) is 8.13. The standard InChI is InChI=1S/C18H16F3N3O2S2/c1-10-15(28-17(26)24(10)8-14-9-27-11(2)23-14)16(25)22-7-12-4-3-5-13(6-12)18(19,20)21/h3-6,9H,7-8H2,1-2H3,(H,22,25). The molecular weight excluding hydrogens is 411 g/mol. The third kappa shape index (κ3) is 4.50. The molecule has 1 N–H and O–H groups in total. The molecule has 2 aromatic heterocycles. The van der Waals surface area contributed by atoms with Crippen molar-refractivity contribution in [3.05, 3.63) is 71.7 Å². The Labute approximate surface area is 166 Å². The van der Waals surface area contributed by atoms with Crippen molar-refractivity contribution in [3.8, 4) is 0 Å². The van der Waals surface area contributed by atoms with Gasteiger partial charge in [-0.15, -0.1) is 11.3 Å². The number of carbonyl (C=O) groups excluding carboxylic acids is 1. The molecule has 0 spiro atoms. The van der Waals surface area contributed by atoms with Gasteiger partial charge in [-0.3, -0.25) is 14.2 Å². The Kier molecular flexibility index (Phi) is 5.71. The third-order valence-corrected chi connectivity index (χ3v) is 5.95. The van der Waals surface area contributed by atoms with E-state index in [2.05, 4.69) is 10.3 Å². The van der Waals surface area contributed by atoms with Crippen LogP contribution in [0.25, 0.3) is 0 Å². The summed E-state index contributed by atoms with van der Waals surface area (Å²) in [5.74, 6) is -0.495. The zero-order valence-corrected chi connectivity index (χ0v) is 16.6. The molecule has 5 nitrogen and oxygen atoms in total. The van der Waals surface area contributed by atoms with Gasteiger partial charge in [0.25, 0.3) is 5.91 Å². The van der Waals surface area contributed by atoms with E-state index in [4.69, 9.17) is 0 Å². The monoisotopic (exact) mass is 427 g/mol. The smallest absolute Gasteiger partial charge is 0.347 e. The molecule has 0 saturated carbocycles. The number of aryl methyl sites for hydroxylation is 1. The number of thiazole rings is 2. The minimum atomic E-state index is -4.44. The van der Waals surface area contributed by atoms with E-state index in [-0.39, 0.29) is 22.8 Å². The van der Waals surface area contributed by atoms with Gasteiger partial charge in [0.05, 0.1) is 22.8 Å². The lowest BCUT2D eigenvalue weighted by Crippen LogP contribution is -2.23. The highest BCUT2D eigenvalue weighted by Gasteiger charge is 2.30. The van der Waals surface area contributed by atoms with Gasteiger partial charge < -0.3 is 5.32 Å². The number of hydrogen-bond acceptors (Lipinski definition) is 5. The summed E-state index contributed by atoms with van der Waals surface area (Å²) in [6, 6.07) is 4.76. The summed E-state index contributed by atoms with van der Waals surface area (Å²) in [7, 11) is 0. The molecule has 148 valence electrons. The first-order valence-corrected chi connectivity index (χ1v) is 9.90. The Bertz CT molecular complexity index is 1070. The minimum Gasteiger partial charge on any atom is -0.347 e. The average molecular weight is 427 g/mol. The van der Waals surface area contributed by atoms with Crippen LogP contribution in [0.3, 0.4) is 0 Å². The van der Waals surface area contributed by atoms with E-state index in [1.807, 2.05) is 12.3 Å². The molecule has 0 radical (unpaired) electrons. The van der Waals surface area contributed by atoms with E-state index < -0.39 is 17.6 Å². The fraction of sp³-hybridized carbons (Fsp3) is 0.278. The summed E-state index contributed by atoms with van der Waals surface area (Å²) in [5.41, 5.74) is 0.791. The zero-order valence-electron chi connectivity index (χ0n) is 15.0. The summed E-state index contributed by atoms with van der Waals surface area (Å²) in [6.07, 6.45) is -4.44. The van der Waals surface area contributed by atoms with E-state index in [1.54, 1.807) is 6.92 Å². The van der Waals surface area contributed by atoms with E-state index in [0.717, 1.165) is 34.2 Å². The number of nitrogens with one attached hydrogen (secondary N) is 1. The predicted octanol–water partition coefficient (Wildman–Crippen LogP) is 3.98. The van der Waals surface area contributed by atoms with Crippen LogP contribution in [-0.2, 0) is 19.3 Å².